The Kier molecular flexibility index (Phi) is 2.44. The highest BCUT2D eigenvalue weighted by Crippen LogP contribution is 2.45. The zero-order valence-electron chi connectivity index (χ0n) is 9.78. The van der Waals surface area contributed by atoms with Gasteiger partial charge in [0.15, 0.2) is 5.69 Å². The van der Waals surface area contributed by atoms with E-state index in [9.17, 15) is 9.90 Å². The van der Waals surface area contributed by atoms with Crippen molar-refractivity contribution in [2.24, 2.45) is 5.92 Å². The fraction of sp³-hybridized carbons (Fsp3) is 0.462. The second-order valence-electron chi connectivity index (χ2n) is 4.87. The Morgan fingerprint density at radius 2 is 2.39 bits per heavy atom. The van der Waals surface area contributed by atoms with Crippen LogP contribution in [-0.4, -0.2) is 28.1 Å². The van der Waals surface area contributed by atoms with Crippen molar-refractivity contribution in [2.75, 3.05) is 4.90 Å². The lowest BCUT2D eigenvalue weighted by molar-refractivity contribution is -0.142. The molecule has 1 aromatic rings. The van der Waals surface area contributed by atoms with Crippen molar-refractivity contribution in [3.05, 3.63) is 24.0 Å². The number of nitriles is 1. The SMILES string of the molecule is N#Cc1ncccc1N1C2CCC1C(C(=O)O)C2. The predicted octanol–water partition coefficient (Wildman–Crippen LogP) is 1.40. The number of rotatable bonds is 2. The standard InChI is InChI=1S/C13H13N3O2/c14-7-10-12(2-1-5-15-10)16-8-3-4-11(16)9(6-8)13(17)18/h1-2,5,8-9,11H,3-4,6H2,(H,17,18). The van der Waals surface area contributed by atoms with Crippen molar-refractivity contribution in [2.45, 2.75) is 31.3 Å². The topological polar surface area (TPSA) is 77.2 Å². The van der Waals surface area contributed by atoms with Gasteiger partial charge in [0.2, 0.25) is 0 Å². The minimum atomic E-state index is -0.727. The third-order valence-electron chi connectivity index (χ3n) is 4.02. The van der Waals surface area contributed by atoms with Crippen LogP contribution in [0.1, 0.15) is 25.0 Å². The van der Waals surface area contributed by atoms with E-state index < -0.39 is 5.97 Å². The smallest absolute Gasteiger partial charge is 0.308 e. The molecule has 0 aromatic carbocycles. The highest BCUT2D eigenvalue weighted by Gasteiger charge is 2.49. The number of pyridine rings is 1. The molecule has 5 heteroatoms. The maximum atomic E-state index is 11.2. The molecule has 2 fully saturated rings. The van der Waals surface area contributed by atoms with Crippen LogP contribution >= 0.6 is 0 Å². The van der Waals surface area contributed by atoms with E-state index in [1.54, 1.807) is 12.3 Å². The number of aromatic nitrogens is 1. The molecule has 92 valence electrons. The number of nitrogens with zero attached hydrogens (tertiary/aromatic N) is 3. The minimum absolute atomic E-state index is 0.0174. The zero-order valence-corrected chi connectivity index (χ0v) is 9.78. The van der Waals surface area contributed by atoms with E-state index in [-0.39, 0.29) is 18.0 Å². The van der Waals surface area contributed by atoms with Crippen LogP contribution < -0.4 is 4.90 Å². The molecule has 0 spiro atoms. The van der Waals surface area contributed by atoms with Gasteiger partial charge in [0.1, 0.15) is 6.07 Å². The average molecular weight is 243 g/mol. The fourth-order valence-electron chi connectivity index (χ4n) is 3.32. The van der Waals surface area contributed by atoms with Gasteiger partial charge in [-0.3, -0.25) is 4.79 Å². The Morgan fingerprint density at radius 1 is 1.56 bits per heavy atom. The van der Waals surface area contributed by atoms with Crippen LogP contribution in [0.5, 0.6) is 0 Å². The lowest BCUT2D eigenvalue weighted by atomic mass is 9.89. The van der Waals surface area contributed by atoms with E-state index in [1.165, 1.54) is 0 Å². The third-order valence-corrected chi connectivity index (χ3v) is 4.02. The van der Waals surface area contributed by atoms with Crippen molar-refractivity contribution in [3.63, 3.8) is 0 Å². The molecule has 0 aliphatic carbocycles. The quantitative estimate of drug-likeness (QED) is 0.849. The number of fused-ring (bicyclic) bond motifs is 2. The first-order chi connectivity index (χ1) is 8.72. The number of aliphatic carboxylic acids is 1. The van der Waals surface area contributed by atoms with E-state index >= 15 is 0 Å². The number of anilines is 1. The number of carboxylic acids is 1. The molecule has 1 N–H and O–H groups in total. The minimum Gasteiger partial charge on any atom is -0.481 e. The molecule has 2 aliphatic heterocycles. The highest BCUT2D eigenvalue weighted by atomic mass is 16.4. The first-order valence-corrected chi connectivity index (χ1v) is 6.08. The van der Waals surface area contributed by atoms with E-state index in [0.717, 1.165) is 18.5 Å². The Labute approximate surface area is 105 Å². The Bertz CT molecular complexity index is 537. The summed E-state index contributed by atoms with van der Waals surface area (Å²) in [5.41, 5.74) is 1.18. The Balaban J connectivity index is 1.99. The van der Waals surface area contributed by atoms with Gasteiger partial charge in [-0.1, -0.05) is 0 Å². The summed E-state index contributed by atoms with van der Waals surface area (Å²) in [7, 11) is 0. The molecule has 2 aliphatic rings. The van der Waals surface area contributed by atoms with Gasteiger partial charge < -0.3 is 10.0 Å². The molecule has 5 nitrogen and oxygen atoms in total. The van der Waals surface area contributed by atoms with Gasteiger partial charge in [-0.05, 0) is 31.4 Å². The highest BCUT2D eigenvalue weighted by molar-refractivity contribution is 5.74. The molecule has 1 aromatic heterocycles. The number of hydrogen-bond donors (Lipinski definition) is 1. The van der Waals surface area contributed by atoms with Crippen molar-refractivity contribution in [1.82, 2.24) is 4.98 Å². The lowest BCUT2D eigenvalue weighted by Gasteiger charge is -2.25. The van der Waals surface area contributed by atoms with E-state index in [2.05, 4.69) is 16.0 Å². The van der Waals surface area contributed by atoms with Crippen molar-refractivity contribution in [1.29, 1.82) is 5.26 Å². The van der Waals surface area contributed by atoms with Gasteiger partial charge in [-0.25, -0.2) is 4.98 Å². The Morgan fingerprint density at radius 3 is 3.06 bits per heavy atom. The van der Waals surface area contributed by atoms with Gasteiger partial charge in [-0.15, -0.1) is 0 Å². The molecule has 3 rings (SSSR count). The molecular weight excluding hydrogens is 230 g/mol. The Hall–Kier alpha value is -2.09. The summed E-state index contributed by atoms with van der Waals surface area (Å²) in [6.45, 7) is 0. The van der Waals surface area contributed by atoms with Crippen molar-refractivity contribution < 1.29 is 9.90 Å². The normalized spacial score (nSPS) is 29.3. The monoisotopic (exact) mass is 243 g/mol. The molecule has 2 bridgehead atoms. The molecule has 18 heavy (non-hydrogen) atoms. The number of carbonyl (C=O) groups is 1. The van der Waals surface area contributed by atoms with Gasteiger partial charge in [-0.2, -0.15) is 5.26 Å². The molecule has 2 saturated heterocycles. The summed E-state index contributed by atoms with van der Waals surface area (Å²) < 4.78 is 0. The molecule has 0 amide bonds. The summed E-state index contributed by atoms with van der Waals surface area (Å²) >= 11 is 0. The molecule has 0 saturated carbocycles. The predicted molar refractivity (Wildman–Crippen MR) is 64.0 cm³/mol. The maximum absolute atomic E-state index is 11.2. The van der Waals surface area contributed by atoms with E-state index in [4.69, 9.17) is 5.26 Å². The van der Waals surface area contributed by atoms with Gasteiger partial charge >= 0.3 is 5.97 Å². The summed E-state index contributed by atoms with van der Waals surface area (Å²) in [6.07, 6.45) is 4.17. The molecule has 3 unspecified atom stereocenters. The van der Waals surface area contributed by atoms with Crippen molar-refractivity contribution in [3.8, 4) is 6.07 Å². The summed E-state index contributed by atoms with van der Waals surface area (Å²) in [5, 5.41) is 18.3. The fourth-order valence-corrected chi connectivity index (χ4v) is 3.32. The van der Waals surface area contributed by atoms with Crippen LogP contribution in [0.2, 0.25) is 0 Å². The second-order valence-corrected chi connectivity index (χ2v) is 4.87. The molecule has 0 radical (unpaired) electrons. The van der Waals surface area contributed by atoms with E-state index in [1.807, 2.05) is 6.07 Å². The van der Waals surface area contributed by atoms with Crippen LogP contribution in [0.3, 0.4) is 0 Å². The number of carboxylic acid groups (broad SMARTS) is 1. The third kappa shape index (κ3) is 1.46. The molecular formula is C13H13N3O2. The van der Waals surface area contributed by atoms with Gasteiger partial charge in [0, 0.05) is 18.3 Å². The summed E-state index contributed by atoms with van der Waals surface area (Å²) in [5.74, 6) is -1.04. The van der Waals surface area contributed by atoms with Crippen LogP contribution in [0.25, 0.3) is 0 Å². The summed E-state index contributed by atoms with van der Waals surface area (Å²) in [4.78, 5) is 17.4. The van der Waals surface area contributed by atoms with Crippen molar-refractivity contribution >= 4 is 11.7 Å². The summed E-state index contributed by atoms with van der Waals surface area (Å²) in [6, 6.07) is 6.00. The van der Waals surface area contributed by atoms with Crippen LogP contribution in [0.15, 0.2) is 18.3 Å². The average Bonchev–Trinajstić information content (AvgIpc) is 2.96. The molecule has 3 heterocycles. The van der Waals surface area contributed by atoms with E-state index in [0.29, 0.717) is 12.1 Å². The van der Waals surface area contributed by atoms with Crippen LogP contribution in [-0.2, 0) is 4.79 Å². The zero-order chi connectivity index (χ0) is 12.7. The van der Waals surface area contributed by atoms with Gasteiger partial charge in [0.25, 0.3) is 0 Å². The maximum Gasteiger partial charge on any atom is 0.308 e. The lowest BCUT2D eigenvalue weighted by Crippen LogP contribution is -2.33. The van der Waals surface area contributed by atoms with Gasteiger partial charge in [0.05, 0.1) is 11.6 Å². The number of hydrogen-bond acceptors (Lipinski definition) is 4. The molecule has 3 atom stereocenters. The second kappa shape index (κ2) is 3.98. The van der Waals surface area contributed by atoms with Crippen LogP contribution in [0, 0.1) is 17.2 Å². The first kappa shape index (κ1) is 11.0. The first-order valence-electron chi connectivity index (χ1n) is 6.08. The largest absolute Gasteiger partial charge is 0.481 e. The van der Waals surface area contributed by atoms with Crippen LogP contribution in [0.4, 0.5) is 5.69 Å².